The molecule has 0 atom stereocenters. The molecule has 1 heterocycles. The Morgan fingerprint density at radius 2 is 2.08 bits per heavy atom. The first-order valence-electron chi connectivity index (χ1n) is 7.22. The molecule has 0 N–H and O–H groups in total. The van der Waals surface area contributed by atoms with Crippen molar-refractivity contribution in [2.75, 3.05) is 5.75 Å². The van der Waals surface area contributed by atoms with Gasteiger partial charge in [0.1, 0.15) is 5.82 Å². The van der Waals surface area contributed by atoms with Gasteiger partial charge in [-0.15, -0.1) is 0 Å². The normalized spacial score (nSPS) is 11.0. The summed E-state index contributed by atoms with van der Waals surface area (Å²) < 4.78 is 14.9. The van der Waals surface area contributed by atoms with E-state index in [1.807, 2.05) is 13.0 Å². The van der Waals surface area contributed by atoms with Crippen LogP contribution < -0.4 is 5.56 Å². The Labute approximate surface area is 147 Å². The van der Waals surface area contributed by atoms with E-state index in [9.17, 15) is 9.18 Å². The number of hydrogen-bond donors (Lipinski definition) is 0. The van der Waals surface area contributed by atoms with Gasteiger partial charge in [0.2, 0.25) is 0 Å². The smallest absolute Gasteiger partial charge is 0.266 e. The largest absolute Gasteiger partial charge is 0.268 e. The highest BCUT2D eigenvalue weighted by atomic mass is 35.5. The summed E-state index contributed by atoms with van der Waals surface area (Å²) in [7, 11) is 0. The van der Waals surface area contributed by atoms with Gasteiger partial charge in [0, 0.05) is 5.75 Å². The molecule has 0 saturated carbocycles. The predicted molar refractivity (Wildman–Crippen MR) is 97.8 cm³/mol. The Morgan fingerprint density at radius 1 is 1.33 bits per heavy atom. The highest BCUT2D eigenvalue weighted by Crippen LogP contribution is 2.25. The van der Waals surface area contributed by atoms with E-state index in [1.165, 1.54) is 34.5 Å². The molecule has 6 heteroatoms. The van der Waals surface area contributed by atoms with Crippen molar-refractivity contribution in [2.24, 2.45) is 0 Å². The summed E-state index contributed by atoms with van der Waals surface area (Å²) in [6.45, 7) is 5.78. The standard InChI is InChI=1S/C18H14ClFN2OS/c1-11(2)10-24-18-21-16-6-4-3-5-13(16)17(23)22(18)12-7-8-15(20)14(19)9-12/h3-9H,1,10H2,2H3. The van der Waals surface area contributed by atoms with Gasteiger partial charge in [0.25, 0.3) is 5.56 Å². The van der Waals surface area contributed by atoms with Gasteiger partial charge in [-0.05, 0) is 37.3 Å². The lowest BCUT2D eigenvalue weighted by atomic mass is 10.2. The zero-order valence-electron chi connectivity index (χ0n) is 12.9. The maximum absolute atomic E-state index is 13.5. The minimum Gasteiger partial charge on any atom is -0.268 e. The fraction of sp³-hybridized carbons (Fsp3) is 0.111. The van der Waals surface area contributed by atoms with Crippen LogP contribution in [-0.4, -0.2) is 15.3 Å². The van der Waals surface area contributed by atoms with Crippen molar-refractivity contribution in [3.63, 3.8) is 0 Å². The maximum atomic E-state index is 13.5. The number of nitrogens with zero attached hydrogens (tertiary/aromatic N) is 2. The highest BCUT2D eigenvalue weighted by Gasteiger charge is 2.14. The van der Waals surface area contributed by atoms with Crippen molar-refractivity contribution in [3.05, 3.63) is 75.8 Å². The van der Waals surface area contributed by atoms with E-state index >= 15 is 0 Å². The highest BCUT2D eigenvalue weighted by molar-refractivity contribution is 7.99. The molecule has 122 valence electrons. The topological polar surface area (TPSA) is 34.9 Å². The van der Waals surface area contributed by atoms with Crippen LogP contribution >= 0.6 is 23.4 Å². The molecule has 3 nitrogen and oxygen atoms in total. The van der Waals surface area contributed by atoms with Crippen LogP contribution in [-0.2, 0) is 0 Å². The summed E-state index contributed by atoms with van der Waals surface area (Å²) in [6.07, 6.45) is 0. The lowest BCUT2D eigenvalue weighted by molar-refractivity contribution is 0.627. The Kier molecular flexibility index (Phi) is 4.73. The Hall–Kier alpha value is -2.11. The first-order valence-corrected chi connectivity index (χ1v) is 8.58. The molecule has 2 aromatic carbocycles. The fourth-order valence-electron chi connectivity index (χ4n) is 2.25. The first-order chi connectivity index (χ1) is 11.5. The molecule has 24 heavy (non-hydrogen) atoms. The van der Waals surface area contributed by atoms with Gasteiger partial charge in [-0.25, -0.2) is 9.37 Å². The van der Waals surface area contributed by atoms with Crippen molar-refractivity contribution in [3.8, 4) is 5.69 Å². The Morgan fingerprint density at radius 3 is 2.79 bits per heavy atom. The molecule has 0 amide bonds. The van der Waals surface area contributed by atoms with Gasteiger partial charge in [-0.2, -0.15) is 0 Å². The molecule has 3 aromatic rings. The molecule has 0 aliphatic carbocycles. The minimum absolute atomic E-state index is 0.0385. The molecule has 0 saturated heterocycles. The summed E-state index contributed by atoms with van der Waals surface area (Å²) >= 11 is 7.29. The quantitative estimate of drug-likeness (QED) is 0.379. The number of hydrogen-bond acceptors (Lipinski definition) is 3. The monoisotopic (exact) mass is 360 g/mol. The zero-order chi connectivity index (χ0) is 17.3. The van der Waals surface area contributed by atoms with E-state index in [1.54, 1.807) is 18.2 Å². The van der Waals surface area contributed by atoms with E-state index in [-0.39, 0.29) is 10.6 Å². The number of thioether (sulfide) groups is 1. The number of para-hydroxylation sites is 1. The minimum atomic E-state index is -0.529. The van der Waals surface area contributed by atoms with Crippen molar-refractivity contribution in [2.45, 2.75) is 12.1 Å². The number of benzene rings is 2. The molecule has 0 radical (unpaired) electrons. The van der Waals surface area contributed by atoms with E-state index in [4.69, 9.17) is 11.6 Å². The summed E-state index contributed by atoms with van der Waals surface area (Å²) in [5.41, 5.74) is 1.85. The zero-order valence-corrected chi connectivity index (χ0v) is 14.5. The van der Waals surface area contributed by atoms with Gasteiger partial charge < -0.3 is 0 Å². The summed E-state index contributed by atoms with van der Waals surface area (Å²) in [5.74, 6) is 0.0954. The average Bonchev–Trinajstić information content (AvgIpc) is 2.56. The number of halogens is 2. The van der Waals surface area contributed by atoms with Gasteiger partial charge in [0.15, 0.2) is 5.16 Å². The molecule has 0 aliphatic rings. The lowest BCUT2D eigenvalue weighted by Crippen LogP contribution is -2.22. The third-order valence-corrected chi connectivity index (χ3v) is 4.81. The van der Waals surface area contributed by atoms with Crippen LogP contribution in [0.3, 0.4) is 0 Å². The fourth-order valence-corrected chi connectivity index (χ4v) is 3.28. The third kappa shape index (κ3) is 3.23. The summed E-state index contributed by atoms with van der Waals surface area (Å²) in [5, 5.41) is 0.977. The molecule has 0 spiro atoms. The second-order valence-electron chi connectivity index (χ2n) is 5.40. The number of aromatic nitrogens is 2. The molecule has 0 fully saturated rings. The van der Waals surface area contributed by atoms with Crippen LogP contribution in [0.1, 0.15) is 6.92 Å². The Balaban J connectivity index is 2.27. The predicted octanol–water partition coefficient (Wildman–Crippen LogP) is 4.85. The molecule has 0 bridgehead atoms. The maximum Gasteiger partial charge on any atom is 0.266 e. The van der Waals surface area contributed by atoms with Crippen LogP contribution in [0.5, 0.6) is 0 Å². The van der Waals surface area contributed by atoms with Crippen LogP contribution in [0, 0.1) is 5.82 Å². The van der Waals surface area contributed by atoms with Gasteiger partial charge >= 0.3 is 0 Å². The van der Waals surface area contributed by atoms with Crippen LogP contribution in [0.15, 0.2) is 64.6 Å². The van der Waals surface area contributed by atoms with Crippen molar-refractivity contribution < 1.29 is 4.39 Å². The summed E-state index contributed by atoms with van der Waals surface area (Å²) in [4.78, 5) is 17.5. The van der Waals surface area contributed by atoms with Gasteiger partial charge in [0.05, 0.1) is 21.6 Å². The second-order valence-corrected chi connectivity index (χ2v) is 6.75. The third-order valence-electron chi connectivity index (χ3n) is 3.35. The van der Waals surface area contributed by atoms with Crippen LogP contribution in [0.25, 0.3) is 16.6 Å². The molecule has 1 aromatic heterocycles. The van der Waals surface area contributed by atoms with E-state index < -0.39 is 5.82 Å². The average molecular weight is 361 g/mol. The molecular formula is C18H14ClFN2OS. The van der Waals surface area contributed by atoms with Crippen molar-refractivity contribution >= 4 is 34.3 Å². The second kappa shape index (κ2) is 6.79. The Bertz CT molecular complexity index is 1000. The SMILES string of the molecule is C=C(C)CSc1nc2ccccc2c(=O)n1-c1ccc(F)c(Cl)c1. The van der Waals surface area contributed by atoms with Crippen LogP contribution in [0.2, 0.25) is 5.02 Å². The van der Waals surface area contributed by atoms with E-state index in [0.717, 1.165) is 5.57 Å². The lowest BCUT2D eigenvalue weighted by Gasteiger charge is -2.13. The molecule has 0 aliphatic heterocycles. The van der Waals surface area contributed by atoms with Gasteiger partial charge in [-0.1, -0.05) is 47.6 Å². The van der Waals surface area contributed by atoms with Crippen LogP contribution in [0.4, 0.5) is 4.39 Å². The van der Waals surface area contributed by atoms with Crippen molar-refractivity contribution in [1.29, 1.82) is 0 Å². The molecule has 0 unspecified atom stereocenters. The van der Waals surface area contributed by atoms with Gasteiger partial charge in [-0.3, -0.25) is 9.36 Å². The van der Waals surface area contributed by atoms with E-state index in [0.29, 0.717) is 27.5 Å². The summed E-state index contributed by atoms with van der Waals surface area (Å²) in [6, 6.07) is 11.3. The number of rotatable bonds is 4. The van der Waals surface area contributed by atoms with Crippen molar-refractivity contribution in [1.82, 2.24) is 9.55 Å². The van der Waals surface area contributed by atoms with E-state index in [2.05, 4.69) is 11.6 Å². The first kappa shape index (κ1) is 16.7. The molecule has 3 rings (SSSR count). The number of fused-ring (bicyclic) bond motifs is 1. The molecular weight excluding hydrogens is 347 g/mol.